The topological polar surface area (TPSA) is 20.2 Å². The average Bonchev–Trinajstić information content (AvgIpc) is 2.08. The van der Waals surface area contributed by atoms with Gasteiger partial charge in [-0.3, -0.25) is 0 Å². The minimum absolute atomic E-state index is 0.133. The fourth-order valence-electron chi connectivity index (χ4n) is 2.99. The molecule has 0 bridgehead atoms. The first-order chi connectivity index (χ1) is 7.91. The van der Waals surface area contributed by atoms with Crippen molar-refractivity contribution in [3.63, 3.8) is 0 Å². The molecule has 0 heterocycles. The third-order valence-electron chi connectivity index (χ3n) is 3.51. The predicted molar refractivity (Wildman–Crippen MR) is 81.7 cm³/mol. The van der Waals surface area contributed by atoms with Crippen molar-refractivity contribution in [2.24, 2.45) is 22.7 Å². The van der Waals surface area contributed by atoms with Gasteiger partial charge in [0.05, 0.1) is 6.10 Å². The van der Waals surface area contributed by atoms with Crippen molar-refractivity contribution in [1.29, 1.82) is 0 Å². The standard InChI is InChI=1S/C17H36O/c1-13(11-16(3,4)5)9-10-15(18)14(2)12-17(6,7)8/h13-15,18H,9-12H2,1-8H3. The van der Waals surface area contributed by atoms with E-state index in [1.807, 2.05) is 0 Å². The van der Waals surface area contributed by atoms with Crippen LogP contribution in [0.3, 0.4) is 0 Å². The molecule has 0 aromatic carbocycles. The molecule has 0 aliphatic carbocycles. The van der Waals surface area contributed by atoms with E-state index in [1.165, 1.54) is 6.42 Å². The second-order valence-electron chi connectivity index (χ2n) is 8.76. The first-order valence-electron chi connectivity index (χ1n) is 7.59. The summed E-state index contributed by atoms with van der Waals surface area (Å²) in [7, 11) is 0. The van der Waals surface area contributed by atoms with E-state index in [0.717, 1.165) is 19.3 Å². The summed E-state index contributed by atoms with van der Waals surface area (Å²) in [6.07, 6.45) is 4.31. The van der Waals surface area contributed by atoms with Gasteiger partial charge in [-0.2, -0.15) is 0 Å². The van der Waals surface area contributed by atoms with Gasteiger partial charge in [0.2, 0.25) is 0 Å². The number of rotatable bonds is 6. The molecular weight excluding hydrogens is 220 g/mol. The molecule has 1 nitrogen and oxygen atoms in total. The Hall–Kier alpha value is -0.0400. The molecule has 3 unspecified atom stereocenters. The van der Waals surface area contributed by atoms with Crippen LogP contribution in [0.1, 0.15) is 81.1 Å². The van der Waals surface area contributed by atoms with Crippen LogP contribution in [-0.2, 0) is 0 Å². The molecule has 0 fully saturated rings. The van der Waals surface area contributed by atoms with Crippen LogP contribution in [0.5, 0.6) is 0 Å². The van der Waals surface area contributed by atoms with Gasteiger partial charge in [0.1, 0.15) is 0 Å². The maximum absolute atomic E-state index is 10.2. The number of aliphatic hydroxyl groups excluding tert-OH is 1. The normalized spacial score (nSPS) is 18.5. The fraction of sp³-hybridized carbons (Fsp3) is 1.00. The molecule has 110 valence electrons. The van der Waals surface area contributed by atoms with Gasteiger partial charge in [-0.15, -0.1) is 0 Å². The molecule has 0 saturated heterocycles. The van der Waals surface area contributed by atoms with Crippen LogP contribution in [0.4, 0.5) is 0 Å². The Balaban J connectivity index is 3.99. The first-order valence-corrected chi connectivity index (χ1v) is 7.59. The van der Waals surface area contributed by atoms with Crippen molar-refractivity contribution >= 4 is 0 Å². The van der Waals surface area contributed by atoms with E-state index < -0.39 is 0 Å². The number of hydrogen-bond acceptors (Lipinski definition) is 1. The van der Waals surface area contributed by atoms with Crippen LogP contribution < -0.4 is 0 Å². The lowest BCUT2D eigenvalue weighted by atomic mass is 9.80. The Labute approximate surface area is 115 Å². The molecule has 3 atom stereocenters. The summed E-state index contributed by atoms with van der Waals surface area (Å²) in [6.45, 7) is 18.1. The van der Waals surface area contributed by atoms with Crippen molar-refractivity contribution < 1.29 is 5.11 Å². The van der Waals surface area contributed by atoms with Crippen molar-refractivity contribution in [2.45, 2.75) is 87.2 Å². The molecule has 1 N–H and O–H groups in total. The molecule has 0 rings (SSSR count). The van der Waals surface area contributed by atoms with Crippen molar-refractivity contribution in [3.05, 3.63) is 0 Å². The molecule has 18 heavy (non-hydrogen) atoms. The van der Waals surface area contributed by atoms with E-state index in [0.29, 0.717) is 22.7 Å². The highest BCUT2D eigenvalue weighted by Crippen LogP contribution is 2.30. The Morgan fingerprint density at radius 1 is 0.778 bits per heavy atom. The van der Waals surface area contributed by atoms with Crippen molar-refractivity contribution in [1.82, 2.24) is 0 Å². The Kier molecular flexibility index (Phi) is 6.92. The first kappa shape index (κ1) is 18.0. The fourth-order valence-corrected chi connectivity index (χ4v) is 2.99. The number of aliphatic hydroxyl groups is 1. The highest BCUT2D eigenvalue weighted by Gasteiger charge is 2.22. The Morgan fingerprint density at radius 3 is 1.61 bits per heavy atom. The molecule has 1 heteroatoms. The van der Waals surface area contributed by atoms with Crippen LogP contribution in [0, 0.1) is 22.7 Å². The van der Waals surface area contributed by atoms with E-state index in [2.05, 4.69) is 55.4 Å². The van der Waals surface area contributed by atoms with Crippen LogP contribution >= 0.6 is 0 Å². The third kappa shape index (κ3) is 9.94. The van der Waals surface area contributed by atoms with Gasteiger partial charge in [0, 0.05) is 0 Å². The molecule has 0 saturated carbocycles. The average molecular weight is 256 g/mol. The molecule has 0 aromatic heterocycles. The maximum Gasteiger partial charge on any atom is 0.0566 e. The summed E-state index contributed by atoms with van der Waals surface area (Å²) in [5, 5.41) is 10.2. The zero-order valence-corrected chi connectivity index (χ0v) is 14.0. The van der Waals surface area contributed by atoms with Gasteiger partial charge in [-0.05, 0) is 48.3 Å². The van der Waals surface area contributed by atoms with Gasteiger partial charge in [0.25, 0.3) is 0 Å². The van der Waals surface area contributed by atoms with Crippen molar-refractivity contribution in [3.8, 4) is 0 Å². The molecular formula is C17H36O. The quantitative estimate of drug-likeness (QED) is 0.686. The smallest absolute Gasteiger partial charge is 0.0566 e. The Bertz CT molecular complexity index is 219. The van der Waals surface area contributed by atoms with Gasteiger partial charge in [-0.1, -0.05) is 55.4 Å². The number of hydrogen-bond donors (Lipinski definition) is 1. The predicted octanol–water partition coefficient (Wildman–Crippen LogP) is 5.27. The lowest BCUT2D eigenvalue weighted by Gasteiger charge is -2.28. The van der Waals surface area contributed by atoms with E-state index in [1.54, 1.807) is 0 Å². The second-order valence-corrected chi connectivity index (χ2v) is 8.76. The Morgan fingerprint density at radius 2 is 1.22 bits per heavy atom. The summed E-state index contributed by atoms with van der Waals surface area (Å²) >= 11 is 0. The second kappa shape index (κ2) is 6.93. The summed E-state index contributed by atoms with van der Waals surface area (Å²) in [4.78, 5) is 0. The molecule has 0 aliphatic heterocycles. The molecule has 0 aliphatic rings. The molecule has 0 spiro atoms. The van der Waals surface area contributed by atoms with Gasteiger partial charge >= 0.3 is 0 Å². The lowest BCUT2D eigenvalue weighted by Crippen LogP contribution is -2.24. The van der Waals surface area contributed by atoms with Gasteiger partial charge in [-0.25, -0.2) is 0 Å². The maximum atomic E-state index is 10.2. The van der Waals surface area contributed by atoms with E-state index in [-0.39, 0.29) is 6.10 Å². The zero-order valence-electron chi connectivity index (χ0n) is 14.0. The minimum atomic E-state index is -0.133. The van der Waals surface area contributed by atoms with E-state index in [4.69, 9.17) is 0 Å². The third-order valence-corrected chi connectivity index (χ3v) is 3.51. The zero-order chi connectivity index (χ0) is 14.6. The molecule has 0 aromatic rings. The van der Waals surface area contributed by atoms with Crippen LogP contribution in [0.15, 0.2) is 0 Å². The SMILES string of the molecule is CC(CCC(O)C(C)CC(C)(C)C)CC(C)(C)C. The van der Waals surface area contributed by atoms with Crippen LogP contribution in [0.25, 0.3) is 0 Å². The van der Waals surface area contributed by atoms with Gasteiger partial charge < -0.3 is 5.11 Å². The summed E-state index contributed by atoms with van der Waals surface area (Å²) in [6, 6.07) is 0. The van der Waals surface area contributed by atoms with Gasteiger partial charge in [0.15, 0.2) is 0 Å². The highest BCUT2D eigenvalue weighted by molar-refractivity contribution is 4.74. The van der Waals surface area contributed by atoms with E-state index >= 15 is 0 Å². The summed E-state index contributed by atoms with van der Waals surface area (Å²) in [5.74, 6) is 1.12. The van der Waals surface area contributed by atoms with E-state index in [9.17, 15) is 5.11 Å². The largest absolute Gasteiger partial charge is 0.393 e. The summed E-state index contributed by atoms with van der Waals surface area (Å²) in [5.41, 5.74) is 0.721. The lowest BCUT2D eigenvalue weighted by molar-refractivity contribution is 0.0759. The van der Waals surface area contributed by atoms with Crippen LogP contribution in [-0.4, -0.2) is 11.2 Å². The van der Waals surface area contributed by atoms with Crippen LogP contribution in [0.2, 0.25) is 0 Å². The highest BCUT2D eigenvalue weighted by atomic mass is 16.3. The summed E-state index contributed by atoms with van der Waals surface area (Å²) < 4.78 is 0. The minimum Gasteiger partial charge on any atom is -0.393 e. The monoisotopic (exact) mass is 256 g/mol. The van der Waals surface area contributed by atoms with Crippen molar-refractivity contribution in [2.75, 3.05) is 0 Å². The molecule has 0 radical (unpaired) electrons. The molecule has 0 amide bonds.